The lowest BCUT2D eigenvalue weighted by molar-refractivity contribution is 0.581. The number of hydrogen-bond acceptors (Lipinski definition) is 5. The fourth-order valence-corrected chi connectivity index (χ4v) is 4.22. The van der Waals surface area contributed by atoms with E-state index in [0.717, 1.165) is 31.3 Å². The van der Waals surface area contributed by atoms with E-state index in [4.69, 9.17) is 0 Å². The molecule has 0 saturated carbocycles. The van der Waals surface area contributed by atoms with Crippen molar-refractivity contribution < 1.29 is 16.8 Å². The molecule has 0 unspecified atom stereocenters. The summed E-state index contributed by atoms with van der Waals surface area (Å²) in [6.07, 6.45) is 3.82. The average Bonchev–Trinajstić information content (AvgIpc) is 2.45. The van der Waals surface area contributed by atoms with Crippen molar-refractivity contribution in [1.29, 1.82) is 0 Å². The largest absolute Gasteiger partial charge is 0.313 e. The average molecular weight is 344 g/mol. The standard InChI is InChI=1S/C14H20N2O4S2/c1-11-3-4-13(21(2,17)18)9-14(11)22(19,20)16-10-12-5-7-15-8-6-12/h3-5,9,15-16H,6-8,10H2,1-2H3. The summed E-state index contributed by atoms with van der Waals surface area (Å²) in [5.41, 5.74) is 1.54. The van der Waals surface area contributed by atoms with Gasteiger partial charge in [-0.05, 0) is 37.6 Å². The maximum absolute atomic E-state index is 12.4. The number of benzene rings is 1. The van der Waals surface area contributed by atoms with Gasteiger partial charge < -0.3 is 5.32 Å². The Morgan fingerprint density at radius 2 is 1.95 bits per heavy atom. The summed E-state index contributed by atoms with van der Waals surface area (Å²) in [6.45, 7) is 3.45. The first kappa shape index (κ1) is 17.1. The highest BCUT2D eigenvalue weighted by Gasteiger charge is 2.20. The molecule has 1 aromatic carbocycles. The van der Waals surface area contributed by atoms with E-state index in [1.165, 1.54) is 18.2 Å². The van der Waals surface area contributed by atoms with Gasteiger partial charge in [0.05, 0.1) is 9.79 Å². The Hall–Kier alpha value is -1.22. The first-order chi connectivity index (χ1) is 10.2. The number of sulfone groups is 1. The molecular weight excluding hydrogens is 324 g/mol. The zero-order valence-electron chi connectivity index (χ0n) is 12.6. The summed E-state index contributed by atoms with van der Waals surface area (Å²) in [7, 11) is -7.20. The first-order valence-corrected chi connectivity index (χ1v) is 10.3. The van der Waals surface area contributed by atoms with Crippen LogP contribution in [0.25, 0.3) is 0 Å². The van der Waals surface area contributed by atoms with Gasteiger partial charge in [-0.2, -0.15) is 0 Å². The summed E-state index contributed by atoms with van der Waals surface area (Å²) >= 11 is 0. The molecule has 0 atom stereocenters. The molecular formula is C14H20N2O4S2. The second kappa shape index (κ2) is 6.49. The first-order valence-electron chi connectivity index (χ1n) is 6.89. The highest BCUT2D eigenvalue weighted by Crippen LogP contribution is 2.20. The van der Waals surface area contributed by atoms with Crippen molar-refractivity contribution in [3.8, 4) is 0 Å². The molecule has 0 aliphatic carbocycles. The van der Waals surface area contributed by atoms with E-state index in [2.05, 4.69) is 10.0 Å². The van der Waals surface area contributed by atoms with Gasteiger partial charge >= 0.3 is 0 Å². The van der Waals surface area contributed by atoms with Gasteiger partial charge in [0.15, 0.2) is 9.84 Å². The van der Waals surface area contributed by atoms with Crippen LogP contribution in [-0.2, 0) is 19.9 Å². The summed E-state index contributed by atoms with van der Waals surface area (Å²) in [6, 6.07) is 4.14. The van der Waals surface area contributed by atoms with Crippen molar-refractivity contribution in [1.82, 2.24) is 10.0 Å². The van der Waals surface area contributed by atoms with Gasteiger partial charge in [0, 0.05) is 19.3 Å². The van der Waals surface area contributed by atoms with Crippen molar-refractivity contribution in [2.75, 3.05) is 25.9 Å². The SMILES string of the molecule is Cc1ccc(S(C)(=O)=O)cc1S(=O)(=O)NCC1=CCNCC1. The van der Waals surface area contributed by atoms with Gasteiger partial charge in [0.2, 0.25) is 10.0 Å². The van der Waals surface area contributed by atoms with Gasteiger partial charge in [-0.25, -0.2) is 21.6 Å². The van der Waals surface area contributed by atoms with E-state index >= 15 is 0 Å². The van der Waals surface area contributed by atoms with Crippen LogP contribution in [0.4, 0.5) is 0 Å². The summed E-state index contributed by atoms with van der Waals surface area (Å²) < 4.78 is 50.6. The van der Waals surface area contributed by atoms with E-state index < -0.39 is 19.9 Å². The van der Waals surface area contributed by atoms with Gasteiger partial charge in [-0.3, -0.25) is 0 Å². The van der Waals surface area contributed by atoms with Crippen LogP contribution in [0.5, 0.6) is 0 Å². The number of rotatable bonds is 5. The lowest BCUT2D eigenvalue weighted by Gasteiger charge is -2.15. The predicted octanol–water partition coefficient (Wildman–Crippen LogP) is 0.597. The van der Waals surface area contributed by atoms with Crippen LogP contribution in [0.2, 0.25) is 0 Å². The topological polar surface area (TPSA) is 92.3 Å². The molecule has 1 aliphatic rings. The summed E-state index contributed by atoms with van der Waals surface area (Å²) in [5.74, 6) is 0. The summed E-state index contributed by atoms with van der Waals surface area (Å²) in [4.78, 5) is 0.00418. The molecule has 0 spiro atoms. The molecule has 0 bridgehead atoms. The molecule has 0 aromatic heterocycles. The van der Waals surface area contributed by atoms with Crippen molar-refractivity contribution in [2.24, 2.45) is 0 Å². The minimum atomic E-state index is -3.75. The third kappa shape index (κ3) is 4.16. The van der Waals surface area contributed by atoms with Crippen LogP contribution >= 0.6 is 0 Å². The molecule has 122 valence electrons. The molecule has 2 N–H and O–H groups in total. The Kier molecular flexibility index (Phi) is 5.06. The number of sulfonamides is 1. The number of hydrogen-bond donors (Lipinski definition) is 2. The zero-order chi connectivity index (χ0) is 16.4. The Balaban J connectivity index is 2.27. The molecule has 0 amide bonds. The Morgan fingerprint density at radius 3 is 2.55 bits per heavy atom. The Labute approximate surface area is 131 Å². The van der Waals surface area contributed by atoms with Crippen molar-refractivity contribution in [2.45, 2.75) is 23.1 Å². The molecule has 2 rings (SSSR count). The normalized spacial score (nSPS) is 16.4. The molecule has 22 heavy (non-hydrogen) atoms. The van der Waals surface area contributed by atoms with E-state index in [-0.39, 0.29) is 16.3 Å². The van der Waals surface area contributed by atoms with E-state index in [0.29, 0.717) is 5.56 Å². The van der Waals surface area contributed by atoms with Crippen LogP contribution in [0.1, 0.15) is 12.0 Å². The van der Waals surface area contributed by atoms with Crippen molar-refractivity contribution in [3.63, 3.8) is 0 Å². The Morgan fingerprint density at radius 1 is 1.23 bits per heavy atom. The Bertz CT molecular complexity index is 796. The van der Waals surface area contributed by atoms with Gasteiger partial charge in [0.1, 0.15) is 0 Å². The van der Waals surface area contributed by atoms with Gasteiger partial charge in [0.25, 0.3) is 0 Å². The second-order valence-electron chi connectivity index (χ2n) is 5.34. The number of nitrogens with one attached hydrogen (secondary N) is 2. The smallest absolute Gasteiger partial charge is 0.241 e. The van der Waals surface area contributed by atoms with E-state index in [1.54, 1.807) is 6.92 Å². The van der Waals surface area contributed by atoms with Crippen LogP contribution in [-0.4, -0.2) is 42.7 Å². The lowest BCUT2D eigenvalue weighted by atomic mass is 10.1. The molecule has 0 saturated heterocycles. The van der Waals surface area contributed by atoms with Crippen molar-refractivity contribution >= 4 is 19.9 Å². The maximum Gasteiger partial charge on any atom is 0.241 e. The van der Waals surface area contributed by atoms with Crippen LogP contribution in [0.15, 0.2) is 39.6 Å². The monoisotopic (exact) mass is 344 g/mol. The molecule has 6 nitrogen and oxygen atoms in total. The lowest BCUT2D eigenvalue weighted by Crippen LogP contribution is -2.30. The number of aryl methyl sites for hydroxylation is 1. The third-order valence-corrected chi connectivity index (χ3v) is 6.18. The van der Waals surface area contributed by atoms with Gasteiger partial charge in [-0.1, -0.05) is 17.7 Å². The van der Waals surface area contributed by atoms with Crippen LogP contribution in [0.3, 0.4) is 0 Å². The highest BCUT2D eigenvalue weighted by molar-refractivity contribution is 7.91. The van der Waals surface area contributed by atoms with Crippen LogP contribution < -0.4 is 10.0 Å². The molecule has 8 heteroatoms. The van der Waals surface area contributed by atoms with Gasteiger partial charge in [-0.15, -0.1) is 0 Å². The maximum atomic E-state index is 12.4. The summed E-state index contributed by atoms with van der Waals surface area (Å²) in [5, 5.41) is 3.16. The fraction of sp³-hybridized carbons (Fsp3) is 0.429. The minimum absolute atomic E-state index is 0.000410. The molecule has 1 heterocycles. The van der Waals surface area contributed by atoms with Crippen LogP contribution in [0, 0.1) is 6.92 Å². The quantitative estimate of drug-likeness (QED) is 0.763. The molecule has 0 radical (unpaired) electrons. The highest BCUT2D eigenvalue weighted by atomic mass is 32.2. The molecule has 1 aliphatic heterocycles. The molecule has 1 aromatic rings. The van der Waals surface area contributed by atoms with Crippen molar-refractivity contribution in [3.05, 3.63) is 35.4 Å². The van der Waals surface area contributed by atoms with E-state index in [1.807, 2.05) is 6.08 Å². The second-order valence-corrected chi connectivity index (χ2v) is 9.09. The zero-order valence-corrected chi connectivity index (χ0v) is 14.2. The fourth-order valence-electron chi connectivity index (χ4n) is 2.20. The van der Waals surface area contributed by atoms with E-state index in [9.17, 15) is 16.8 Å². The predicted molar refractivity (Wildman–Crippen MR) is 85.0 cm³/mol. The molecule has 0 fully saturated rings. The third-order valence-electron chi connectivity index (χ3n) is 3.52. The minimum Gasteiger partial charge on any atom is -0.313 e.